The first-order valence-corrected chi connectivity index (χ1v) is 11.9. The lowest BCUT2D eigenvalue weighted by Crippen LogP contribution is -2.44. The normalized spacial score (nSPS) is 16.0. The number of ether oxygens (including phenoxy) is 2. The van der Waals surface area contributed by atoms with E-state index in [4.69, 9.17) is 19.5 Å². The minimum Gasteiger partial charge on any atom is -0.497 e. The molecular weight excluding hydrogens is 537 g/mol. The highest BCUT2D eigenvalue weighted by Gasteiger charge is 2.24. The number of hydrogen-bond acceptors (Lipinski definition) is 6. The summed E-state index contributed by atoms with van der Waals surface area (Å²) in [6, 6.07) is 6.36. The van der Waals surface area contributed by atoms with E-state index in [1.54, 1.807) is 25.6 Å². The minimum atomic E-state index is 0. The molecule has 2 aromatic rings. The van der Waals surface area contributed by atoms with Gasteiger partial charge < -0.3 is 25.0 Å². The van der Waals surface area contributed by atoms with Gasteiger partial charge in [0.05, 0.1) is 24.9 Å². The molecule has 1 atom stereocenters. The van der Waals surface area contributed by atoms with Crippen LogP contribution in [0.25, 0.3) is 0 Å². The van der Waals surface area contributed by atoms with Crippen molar-refractivity contribution in [3.63, 3.8) is 0 Å². The van der Waals surface area contributed by atoms with E-state index in [0.29, 0.717) is 6.04 Å². The highest BCUT2D eigenvalue weighted by atomic mass is 127. The predicted molar refractivity (Wildman–Crippen MR) is 145 cm³/mol. The number of guanidine groups is 1. The number of aryl methyl sites for hydroxylation is 2. The summed E-state index contributed by atoms with van der Waals surface area (Å²) in [5, 5.41) is 8.16. The topological polar surface area (TPSA) is 71.0 Å². The maximum Gasteiger partial charge on any atom is 0.191 e. The summed E-state index contributed by atoms with van der Waals surface area (Å²) in [7, 11) is 3.37. The number of anilines is 1. The molecule has 7 nitrogen and oxygen atoms in total. The third kappa shape index (κ3) is 7.13. The van der Waals surface area contributed by atoms with Crippen molar-refractivity contribution in [3.05, 3.63) is 33.8 Å². The molecule has 0 radical (unpaired) electrons. The smallest absolute Gasteiger partial charge is 0.191 e. The van der Waals surface area contributed by atoms with Crippen LogP contribution in [0.2, 0.25) is 0 Å². The maximum atomic E-state index is 5.42. The number of benzene rings is 1. The zero-order chi connectivity index (χ0) is 22.2. The van der Waals surface area contributed by atoms with Crippen LogP contribution in [-0.2, 0) is 12.8 Å². The molecule has 178 valence electrons. The Morgan fingerprint density at radius 1 is 1.22 bits per heavy atom. The van der Waals surface area contributed by atoms with Gasteiger partial charge in [0, 0.05) is 67.4 Å². The van der Waals surface area contributed by atoms with Crippen LogP contribution in [0, 0.1) is 6.92 Å². The Labute approximate surface area is 213 Å². The molecule has 2 heterocycles. The third-order valence-corrected chi connectivity index (χ3v) is 6.51. The van der Waals surface area contributed by atoms with Gasteiger partial charge in [-0.05, 0) is 26.7 Å². The molecule has 1 aromatic carbocycles. The lowest BCUT2D eigenvalue weighted by molar-refractivity contribution is 0.394. The molecular formula is C23H36IN5O2S. The molecule has 1 aliphatic heterocycles. The SMILES string of the molecule is CCNC(=NCCc1nc(CC)c(C)s1)NC1CCN(c2cc(OC)cc(OC)c2)C1.I. The first-order valence-electron chi connectivity index (χ1n) is 11.0. The Bertz CT molecular complexity index is 867. The van der Waals surface area contributed by atoms with Crippen LogP contribution in [0.4, 0.5) is 5.69 Å². The monoisotopic (exact) mass is 573 g/mol. The number of methoxy groups -OCH3 is 2. The second kappa shape index (κ2) is 13.1. The molecule has 0 spiro atoms. The Morgan fingerprint density at radius 3 is 2.53 bits per heavy atom. The molecule has 0 aliphatic carbocycles. The number of rotatable bonds is 9. The van der Waals surface area contributed by atoms with Crippen LogP contribution in [0.3, 0.4) is 0 Å². The lowest BCUT2D eigenvalue weighted by atomic mass is 10.2. The van der Waals surface area contributed by atoms with Gasteiger partial charge in [-0.15, -0.1) is 35.3 Å². The number of nitrogens with zero attached hydrogens (tertiary/aromatic N) is 3. The van der Waals surface area contributed by atoms with E-state index in [9.17, 15) is 0 Å². The zero-order valence-electron chi connectivity index (χ0n) is 19.7. The molecule has 2 N–H and O–H groups in total. The van der Waals surface area contributed by atoms with E-state index in [0.717, 1.165) is 68.6 Å². The molecule has 1 unspecified atom stereocenters. The van der Waals surface area contributed by atoms with Crippen LogP contribution in [0.1, 0.15) is 35.8 Å². The van der Waals surface area contributed by atoms with E-state index < -0.39 is 0 Å². The van der Waals surface area contributed by atoms with Crippen molar-refractivity contribution in [2.75, 3.05) is 45.3 Å². The molecule has 0 amide bonds. The molecule has 9 heteroatoms. The van der Waals surface area contributed by atoms with Crippen molar-refractivity contribution < 1.29 is 9.47 Å². The Balaban J connectivity index is 0.00000363. The average molecular weight is 574 g/mol. The number of aliphatic imine (C=N–C) groups is 1. The molecule has 0 saturated carbocycles. The van der Waals surface area contributed by atoms with Gasteiger partial charge in [-0.3, -0.25) is 4.99 Å². The number of halogens is 1. The van der Waals surface area contributed by atoms with Crippen molar-refractivity contribution in [3.8, 4) is 11.5 Å². The summed E-state index contributed by atoms with van der Waals surface area (Å²) in [6.45, 7) is 9.86. The Kier molecular flexibility index (Phi) is 10.8. The first kappa shape index (κ1) is 26.5. The molecule has 3 rings (SSSR count). The van der Waals surface area contributed by atoms with Gasteiger partial charge in [-0.2, -0.15) is 0 Å². The third-order valence-electron chi connectivity index (χ3n) is 5.44. The van der Waals surface area contributed by atoms with Gasteiger partial charge in [0.2, 0.25) is 0 Å². The van der Waals surface area contributed by atoms with Crippen LogP contribution < -0.4 is 25.0 Å². The largest absolute Gasteiger partial charge is 0.497 e. The van der Waals surface area contributed by atoms with E-state index in [2.05, 4.69) is 48.4 Å². The summed E-state index contributed by atoms with van der Waals surface area (Å²) in [5.74, 6) is 2.50. The average Bonchev–Trinajstić information content (AvgIpc) is 3.39. The van der Waals surface area contributed by atoms with Crippen molar-refractivity contribution in [1.29, 1.82) is 0 Å². The number of aromatic nitrogens is 1. The van der Waals surface area contributed by atoms with Gasteiger partial charge in [0.15, 0.2) is 5.96 Å². The molecule has 0 bridgehead atoms. The fraction of sp³-hybridized carbons (Fsp3) is 0.565. The lowest BCUT2D eigenvalue weighted by Gasteiger charge is -2.21. The zero-order valence-corrected chi connectivity index (χ0v) is 22.9. The second-order valence-corrected chi connectivity index (χ2v) is 8.91. The summed E-state index contributed by atoms with van der Waals surface area (Å²) in [4.78, 5) is 13.2. The summed E-state index contributed by atoms with van der Waals surface area (Å²) in [5.41, 5.74) is 2.34. The van der Waals surface area contributed by atoms with Crippen molar-refractivity contribution >= 4 is 47.0 Å². The van der Waals surface area contributed by atoms with Crippen LogP contribution in [-0.4, -0.2) is 57.4 Å². The van der Waals surface area contributed by atoms with Gasteiger partial charge in [-0.1, -0.05) is 6.92 Å². The van der Waals surface area contributed by atoms with Crippen LogP contribution in [0.5, 0.6) is 11.5 Å². The van der Waals surface area contributed by atoms with Crippen molar-refractivity contribution in [2.45, 2.75) is 46.1 Å². The molecule has 1 aliphatic rings. The fourth-order valence-corrected chi connectivity index (χ4v) is 4.80. The van der Waals surface area contributed by atoms with E-state index >= 15 is 0 Å². The van der Waals surface area contributed by atoms with Crippen LogP contribution in [0.15, 0.2) is 23.2 Å². The summed E-state index contributed by atoms with van der Waals surface area (Å²) in [6.07, 6.45) is 2.92. The predicted octanol–water partition coefficient (Wildman–Crippen LogP) is 4.03. The molecule has 1 aromatic heterocycles. The standard InChI is InChI=1S/C23H35N5O2S.HI/c1-6-21-16(3)31-22(27-21)8-10-25-23(24-7-2)26-17-9-11-28(15-17)18-12-19(29-4)14-20(13-18)30-5;/h12-14,17H,6-11,15H2,1-5H3,(H2,24,25,26);1H. The van der Waals surface area contributed by atoms with Gasteiger partial charge in [-0.25, -0.2) is 4.98 Å². The van der Waals surface area contributed by atoms with E-state index in [1.807, 2.05) is 6.07 Å². The van der Waals surface area contributed by atoms with Crippen LogP contribution >= 0.6 is 35.3 Å². The quantitative estimate of drug-likeness (QED) is 0.268. The minimum absolute atomic E-state index is 0. The Morgan fingerprint density at radius 2 is 1.94 bits per heavy atom. The number of thiazole rings is 1. The van der Waals surface area contributed by atoms with Gasteiger partial charge in [0.1, 0.15) is 11.5 Å². The Hall–Kier alpha value is -1.75. The maximum absolute atomic E-state index is 5.42. The highest BCUT2D eigenvalue weighted by Crippen LogP contribution is 2.30. The van der Waals surface area contributed by atoms with Gasteiger partial charge >= 0.3 is 0 Å². The molecule has 32 heavy (non-hydrogen) atoms. The van der Waals surface area contributed by atoms with Crippen molar-refractivity contribution in [1.82, 2.24) is 15.6 Å². The fourth-order valence-electron chi connectivity index (χ4n) is 3.79. The van der Waals surface area contributed by atoms with E-state index in [-0.39, 0.29) is 24.0 Å². The van der Waals surface area contributed by atoms with Gasteiger partial charge in [0.25, 0.3) is 0 Å². The second-order valence-electron chi connectivity index (χ2n) is 7.62. The number of hydrogen-bond donors (Lipinski definition) is 2. The van der Waals surface area contributed by atoms with E-state index in [1.165, 1.54) is 15.6 Å². The highest BCUT2D eigenvalue weighted by molar-refractivity contribution is 14.0. The summed E-state index contributed by atoms with van der Waals surface area (Å²) >= 11 is 1.79. The first-order chi connectivity index (χ1) is 15.1. The number of nitrogens with one attached hydrogen (secondary N) is 2. The summed E-state index contributed by atoms with van der Waals surface area (Å²) < 4.78 is 10.8. The van der Waals surface area contributed by atoms with Crippen molar-refractivity contribution in [2.24, 2.45) is 4.99 Å². The molecule has 1 saturated heterocycles. The molecule has 1 fully saturated rings.